The average molecular weight is 148 g/mol. The zero-order chi connectivity index (χ0) is 7.28. The molecule has 1 amide bonds. The summed E-state index contributed by atoms with van der Waals surface area (Å²) in [5.74, 6) is 0. The second kappa shape index (κ2) is 4.08. The van der Waals surface area contributed by atoms with Crippen molar-refractivity contribution in [3.63, 3.8) is 0 Å². The van der Waals surface area contributed by atoms with Gasteiger partial charge in [-0.05, 0) is 19.1 Å². The normalized spacial score (nSPS) is 8.11. The van der Waals surface area contributed by atoms with E-state index in [-0.39, 0.29) is 6.61 Å². The number of ether oxygens (including phenoxy) is 1. The fourth-order valence-electron chi connectivity index (χ4n) is 0.251. The van der Waals surface area contributed by atoms with Gasteiger partial charge in [0.1, 0.15) is 0 Å². The highest BCUT2D eigenvalue weighted by atomic mass is 32.1. The number of alkyl carbamates (subject to hydrolysis) is 1. The molecule has 0 rings (SSSR count). The van der Waals surface area contributed by atoms with Crippen LogP contribution in [0.15, 0.2) is 0 Å². The van der Waals surface area contributed by atoms with Crippen LogP contribution in [0.4, 0.5) is 4.79 Å². The minimum atomic E-state index is -0.826. The second-order valence-electron chi connectivity index (χ2n) is 1.13. The number of amides is 1. The summed E-state index contributed by atoms with van der Waals surface area (Å²) < 4.78 is 4.32. The third kappa shape index (κ3) is 5.02. The van der Waals surface area contributed by atoms with Gasteiger partial charge < -0.3 is 4.74 Å². The molecular formula is C4H6NO3S. The van der Waals surface area contributed by atoms with E-state index in [1.807, 2.05) is 0 Å². The molecule has 0 saturated carbocycles. The smallest absolute Gasteiger partial charge is 0.414 e. The molecule has 51 valence electrons. The van der Waals surface area contributed by atoms with Crippen molar-refractivity contribution in [1.29, 1.82) is 0 Å². The van der Waals surface area contributed by atoms with E-state index in [0.29, 0.717) is 0 Å². The highest BCUT2D eigenvalue weighted by Crippen LogP contribution is 1.75. The zero-order valence-electron chi connectivity index (χ0n) is 4.84. The predicted octanol–water partition coefficient (Wildman–Crippen LogP) is 0.448. The second-order valence-corrected chi connectivity index (χ2v) is 1.50. The van der Waals surface area contributed by atoms with Crippen molar-refractivity contribution in [3.05, 3.63) is 0 Å². The van der Waals surface area contributed by atoms with Crippen LogP contribution in [-0.2, 0) is 9.84 Å². The van der Waals surface area contributed by atoms with Crippen molar-refractivity contribution in [1.82, 2.24) is 5.32 Å². The lowest BCUT2D eigenvalue weighted by Crippen LogP contribution is -2.28. The lowest BCUT2D eigenvalue weighted by atomic mass is 10.9. The maximum absolute atomic E-state index is 10.2. The first kappa shape index (κ1) is 8.16. The van der Waals surface area contributed by atoms with Crippen LogP contribution in [-0.4, -0.2) is 17.9 Å². The molecule has 0 aromatic heterocycles. The molecule has 4 nitrogen and oxygen atoms in total. The molecule has 0 atom stereocenters. The molecular weight excluding hydrogens is 142 g/mol. The summed E-state index contributed by atoms with van der Waals surface area (Å²) in [4.78, 5) is 10.2. The van der Waals surface area contributed by atoms with Crippen LogP contribution in [0.3, 0.4) is 0 Å². The third-order valence-electron chi connectivity index (χ3n) is 0.480. The van der Waals surface area contributed by atoms with Gasteiger partial charge in [-0.15, -0.1) is 0 Å². The molecule has 9 heavy (non-hydrogen) atoms. The van der Waals surface area contributed by atoms with Crippen LogP contribution in [0.5, 0.6) is 0 Å². The lowest BCUT2D eigenvalue weighted by Gasteiger charge is -1.97. The average Bonchev–Trinajstić information content (AvgIpc) is 1.63. The molecule has 0 aliphatic carbocycles. The molecule has 0 aliphatic rings. The Bertz CT molecular complexity index is 125. The Balaban J connectivity index is 3.39. The van der Waals surface area contributed by atoms with Crippen molar-refractivity contribution >= 4 is 23.5 Å². The molecule has 0 aliphatic heterocycles. The van der Waals surface area contributed by atoms with E-state index < -0.39 is 11.3 Å². The topological polar surface area (TPSA) is 58.2 Å². The number of hydrogen-bond acceptors (Lipinski definition) is 3. The molecule has 0 bridgehead atoms. The molecule has 1 radical (unpaired) electrons. The maximum Gasteiger partial charge on any atom is 0.414 e. The number of carbonyl (C=O) groups is 1. The monoisotopic (exact) mass is 148 g/mol. The Hall–Kier alpha value is -0.840. The van der Waals surface area contributed by atoms with E-state index in [1.54, 1.807) is 12.2 Å². The highest BCUT2D eigenvalue weighted by Gasteiger charge is 2.01. The molecule has 0 unspecified atom stereocenters. The van der Waals surface area contributed by atoms with Gasteiger partial charge in [-0.25, -0.2) is 10.1 Å². The van der Waals surface area contributed by atoms with E-state index in [0.717, 1.165) is 0 Å². The number of hydrogen-bond donors (Lipinski definition) is 1. The third-order valence-corrected chi connectivity index (χ3v) is 0.582. The Labute approximate surface area is 57.8 Å². The first-order chi connectivity index (χ1) is 4.16. The summed E-state index contributed by atoms with van der Waals surface area (Å²) in [5, 5.41) is 10.9. The van der Waals surface area contributed by atoms with Gasteiger partial charge >= 0.3 is 11.3 Å². The molecule has 1 N–H and O–H groups in total. The lowest BCUT2D eigenvalue weighted by molar-refractivity contribution is 0.155. The minimum absolute atomic E-state index is 0.231. The number of nitrogens with one attached hydrogen (secondary N) is 1. The Morgan fingerprint density at radius 2 is 2.33 bits per heavy atom. The van der Waals surface area contributed by atoms with Gasteiger partial charge in [-0.2, -0.15) is 0 Å². The van der Waals surface area contributed by atoms with Crippen LogP contribution in [0.1, 0.15) is 6.92 Å². The van der Waals surface area contributed by atoms with Crippen LogP contribution < -0.4 is 5.32 Å². The molecule has 5 heteroatoms. The predicted molar refractivity (Wildman–Crippen MR) is 33.4 cm³/mol. The van der Waals surface area contributed by atoms with Gasteiger partial charge in [0.2, 0.25) is 0 Å². The number of rotatable bonds is 1. The fourth-order valence-corrected chi connectivity index (χ4v) is 0.334. The van der Waals surface area contributed by atoms with Crippen molar-refractivity contribution in [2.24, 2.45) is 0 Å². The van der Waals surface area contributed by atoms with Gasteiger partial charge in [0.25, 0.3) is 0 Å². The summed E-state index contributed by atoms with van der Waals surface area (Å²) in [6.45, 7) is 1.86. The highest BCUT2D eigenvalue weighted by molar-refractivity contribution is 7.79. The van der Waals surface area contributed by atoms with E-state index >= 15 is 0 Å². The van der Waals surface area contributed by atoms with Crippen molar-refractivity contribution < 1.29 is 14.6 Å². The van der Waals surface area contributed by atoms with E-state index in [9.17, 15) is 9.90 Å². The van der Waals surface area contributed by atoms with E-state index in [4.69, 9.17) is 0 Å². The van der Waals surface area contributed by atoms with Crippen molar-refractivity contribution in [2.45, 2.75) is 6.92 Å². The molecule has 0 heterocycles. The number of carbonyl (C=O) groups excluding carboxylic acids is 1. The largest absolute Gasteiger partial charge is 0.450 e. The van der Waals surface area contributed by atoms with Crippen LogP contribution in [0.25, 0.3) is 0 Å². The van der Waals surface area contributed by atoms with Crippen molar-refractivity contribution in [2.75, 3.05) is 6.61 Å². The SMILES string of the molecule is CCOC(=O)NC([O])=S. The van der Waals surface area contributed by atoms with E-state index in [1.165, 1.54) is 0 Å². The number of thiocarbonyl (C=S) groups is 1. The summed E-state index contributed by atoms with van der Waals surface area (Å²) in [5.41, 5.74) is 0. The van der Waals surface area contributed by atoms with Gasteiger partial charge in [-0.1, -0.05) is 0 Å². The summed E-state index contributed by atoms with van der Waals surface area (Å²) in [7, 11) is 0. The molecule has 0 aromatic carbocycles. The standard InChI is InChI=1S/C4H6NO3S/c1-2-8-3(6)5-4(7)9/h2H2,1H3,(H,5,6,9). The fraction of sp³-hybridized carbons (Fsp3) is 0.500. The van der Waals surface area contributed by atoms with E-state index in [2.05, 4.69) is 17.0 Å². The first-order valence-electron chi connectivity index (χ1n) is 2.31. The Morgan fingerprint density at radius 3 is 2.67 bits per heavy atom. The van der Waals surface area contributed by atoms with Crippen LogP contribution in [0.2, 0.25) is 0 Å². The Kier molecular flexibility index (Phi) is 3.70. The Morgan fingerprint density at radius 1 is 1.78 bits per heavy atom. The molecule has 0 aromatic rings. The summed E-state index contributed by atoms with van der Waals surface area (Å²) in [6, 6.07) is 0. The summed E-state index contributed by atoms with van der Waals surface area (Å²) >= 11 is 4.02. The molecule has 0 saturated heterocycles. The molecule has 0 spiro atoms. The first-order valence-corrected chi connectivity index (χ1v) is 2.72. The van der Waals surface area contributed by atoms with Gasteiger partial charge in [0, 0.05) is 0 Å². The summed E-state index contributed by atoms with van der Waals surface area (Å²) in [6.07, 6.45) is -0.794. The van der Waals surface area contributed by atoms with Gasteiger partial charge in [0.05, 0.1) is 6.61 Å². The molecule has 0 fully saturated rings. The van der Waals surface area contributed by atoms with Gasteiger partial charge in [-0.3, -0.25) is 5.11 Å². The zero-order valence-corrected chi connectivity index (χ0v) is 5.66. The quantitative estimate of drug-likeness (QED) is 0.549. The van der Waals surface area contributed by atoms with Crippen molar-refractivity contribution in [3.8, 4) is 0 Å². The maximum atomic E-state index is 10.2. The van der Waals surface area contributed by atoms with Crippen LogP contribution >= 0.6 is 12.2 Å². The van der Waals surface area contributed by atoms with Gasteiger partial charge in [0.15, 0.2) is 0 Å². The minimum Gasteiger partial charge on any atom is -0.450 e. The van der Waals surface area contributed by atoms with Crippen LogP contribution in [0, 0.1) is 0 Å².